The van der Waals surface area contributed by atoms with Crippen LogP contribution in [0, 0.1) is 0 Å². The molecule has 0 spiro atoms. The van der Waals surface area contributed by atoms with Crippen LogP contribution in [0.4, 0.5) is 5.69 Å². The molecule has 23 heavy (non-hydrogen) atoms. The van der Waals surface area contributed by atoms with Crippen molar-refractivity contribution in [2.75, 3.05) is 11.1 Å². The van der Waals surface area contributed by atoms with E-state index in [2.05, 4.69) is 34.3 Å². The molecule has 1 aromatic heterocycles. The second-order valence-corrected chi connectivity index (χ2v) is 6.87. The summed E-state index contributed by atoms with van der Waals surface area (Å²) in [7, 11) is 0. The van der Waals surface area contributed by atoms with Gasteiger partial charge in [-0.05, 0) is 19.4 Å². The molecular formula is C17H22N4OS. The lowest BCUT2D eigenvalue weighted by Crippen LogP contribution is -2.40. The third-order valence-corrected chi connectivity index (χ3v) is 4.87. The second-order valence-electron chi connectivity index (χ2n) is 5.81. The van der Waals surface area contributed by atoms with Gasteiger partial charge in [0.25, 0.3) is 0 Å². The molecule has 3 rings (SSSR count). The van der Waals surface area contributed by atoms with Crippen LogP contribution in [-0.4, -0.2) is 26.7 Å². The first kappa shape index (κ1) is 16.1. The highest BCUT2D eigenvalue weighted by atomic mass is 32.2. The summed E-state index contributed by atoms with van der Waals surface area (Å²) in [5.41, 5.74) is 2.16. The van der Waals surface area contributed by atoms with Crippen LogP contribution in [0.3, 0.4) is 0 Å². The summed E-state index contributed by atoms with van der Waals surface area (Å²) in [6, 6.07) is 8.05. The van der Waals surface area contributed by atoms with E-state index in [0.29, 0.717) is 16.7 Å². The SMILES string of the molecule is CCCCSc1nnc2c(n1)O[C@@](C)(CC)Nc1ccccc1-2. The lowest BCUT2D eigenvalue weighted by molar-refractivity contribution is 0.109. The third kappa shape index (κ3) is 3.42. The lowest BCUT2D eigenvalue weighted by Gasteiger charge is -2.29. The van der Waals surface area contributed by atoms with E-state index in [1.165, 1.54) is 0 Å². The molecule has 1 N–H and O–H groups in total. The van der Waals surface area contributed by atoms with Crippen molar-refractivity contribution in [3.8, 4) is 17.1 Å². The minimum absolute atomic E-state index is 0.511. The molecule has 1 atom stereocenters. The fraction of sp³-hybridized carbons (Fsp3) is 0.471. The molecule has 1 aromatic carbocycles. The lowest BCUT2D eigenvalue weighted by atomic mass is 10.1. The van der Waals surface area contributed by atoms with Gasteiger partial charge in [0.1, 0.15) is 0 Å². The number of nitrogens with one attached hydrogen (secondary N) is 1. The first-order chi connectivity index (χ1) is 11.1. The minimum Gasteiger partial charge on any atom is -0.450 e. The maximum Gasteiger partial charge on any atom is 0.247 e. The van der Waals surface area contributed by atoms with Crippen molar-refractivity contribution in [1.82, 2.24) is 15.2 Å². The maximum absolute atomic E-state index is 6.18. The van der Waals surface area contributed by atoms with Gasteiger partial charge in [-0.3, -0.25) is 0 Å². The van der Waals surface area contributed by atoms with Crippen molar-refractivity contribution in [3.05, 3.63) is 24.3 Å². The third-order valence-electron chi connectivity index (χ3n) is 3.94. The van der Waals surface area contributed by atoms with Crippen molar-refractivity contribution in [2.24, 2.45) is 0 Å². The molecule has 2 aromatic rings. The number of para-hydroxylation sites is 1. The Morgan fingerprint density at radius 2 is 2.04 bits per heavy atom. The predicted octanol–water partition coefficient (Wildman–Crippen LogP) is 4.36. The Hall–Kier alpha value is -1.82. The number of unbranched alkanes of at least 4 members (excludes halogenated alkanes) is 1. The normalized spacial score (nSPS) is 19.1. The predicted molar refractivity (Wildman–Crippen MR) is 93.8 cm³/mol. The summed E-state index contributed by atoms with van der Waals surface area (Å²) in [6.45, 7) is 6.30. The molecule has 0 fully saturated rings. The molecular weight excluding hydrogens is 308 g/mol. The Morgan fingerprint density at radius 1 is 1.22 bits per heavy atom. The topological polar surface area (TPSA) is 59.9 Å². The Kier molecular flexibility index (Phi) is 4.71. The van der Waals surface area contributed by atoms with Gasteiger partial charge in [-0.1, -0.05) is 50.2 Å². The highest BCUT2D eigenvalue weighted by Crippen LogP contribution is 2.39. The van der Waals surface area contributed by atoms with Crippen molar-refractivity contribution < 1.29 is 4.74 Å². The highest BCUT2D eigenvalue weighted by Gasteiger charge is 2.32. The van der Waals surface area contributed by atoms with Crippen molar-refractivity contribution in [2.45, 2.75) is 50.9 Å². The number of ether oxygens (including phenoxy) is 1. The molecule has 6 heteroatoms. The molecule has 0 unspecified atom stereocenters. The molecule has 5 nitrogen and oxygen atoms in total. The van der Waals surface area contributed by atoms with Gasteiger partial charge in [0.2, 0.25) is 11.0 Å². The van der Waals surface area contributed by atoms with Gasteiger partial charge >= 0.3 is 0 Å². The fourth-order valence-corrected chi connectivity index (χ4v) is 3.25. The number of thioether (sulfide) groups is 1. The van der Waals surface area contributed by atoms with E-state index in [4.69, 9.17) is 4.74 Å². The van der Waals surface area contributed by atoms with Crippen LogP contribution >= 0.6 is 11.8 Å². The average Bonchev–Trinajstić information content (AvgIpc) is 2.68. The number of hydrogen-bond donors (Lipinski definition) is 1. The molecule has 1 aliphatic rings. The number of fused-ring (bicyclic) bond motifs is 3. The number of hydrogen-bond acceptors (Lipinski definition) is 6. The Labute approximate surface area is 141 Å². The second kappa shape index (κ2) is 6.74. The van der Waals surface area contributed by atoms with E-state index < -0.39 is 5.72 Å². The number of benzene rings is 1. The smallest absolute Gasteiger partial charge is 0.247 e. The average molecular weight is 330 g/mol. The van der Waals surface area contributed by atoms with E-state index in [1.54, 1.807) is 11.8 Å². The van der Waals surface area contributed by atoms with Crippen LogP contribution in [0.15, 0.2) is 29.4 Å². The highest BCUT2D eigenvalue weighted by molar-refractivity contribution is 7.99. The number of rotatable bonds is 5. The van der Waals surface area contributed by atoms with Gasteiger partial charge < -0.3 is 10.1 Å². The van der Waals surface area contributed by atoms with Crippen LogP contribution in [0.2, 0.25) is 0 Å². The molecule has 0 saturated carbocycles. The summed E-state index contributed by atoms with van der Waals surface area (Å²) in [5.74, 6) is 1.55. The van der Waals surface area contributed by atoms with Crippen LogP contribution in [0.1, 0.15) is 40.0 Å². The zero-order chi connectivity index (χ0) is 16.3. The zero-order valence-corrected chi connectivity index (χ0v) is 14.6. The van der Waals surface area contributed by atoms with Crippen molar-refractivity contribution in [1.29, 1.82) is 0 Å². The number of nitrogens with zero attached hydrogens (tertiary/aromatic N) is 3. The summed E-state index contributed by atoms with van der Waals surface area (Å²) in [6.07, 6.45) is 3.11. The quantitative estimate of drug-likeness (QED) is 0.649. The number of anilines is 1. The standard InChI is InChI=1S/C17H22N4OS/c1-4-6-11-23-16-18-15-14(20-21-16)12-9-7-8-10-13(12)19-17(3,5-2)22-15/h7-10,19H,4-6,11H2,1-3H3/t17-/m0/s1. The van der Waals surface area contributed by atoms with E-state index in [-0.39, 0.29) is 0 Å². The molecule has 1 aliphatic heterocycles. The fourth-order valence-electron chi connectivity index (χ4n) is 2.39. The van der Waals surface area contributed by atoms with E-state index in [9.17, 15) is 0 Å². The summed E-state index contributed by atoms with van der Waals surface area (Å²) < 4.78 is 6.18. The van der Waals surface area contributed by atoms with Gasteiger partial charge in [-0.25, -0.2) is 0 Å². The van der Waals surface area contributed by atoms with Crippen molar-refractivity contribution in [3.63, 3.8) is 0 Å². The van der Waals surface area contributed by atoms with Gasteiger partial charge in [0, 0.05) is 23.4 Å². The molecule has 0 aliphatic carbocycles. The van der Waals surface area contributed by atoms with E-state index in [1.807, 2.05) is 31.2 Å². The maximum atomic E-state index is 6.18. The largest absolute Gasteiger partial charge is 0.450 e. The molecule has 0 saturated heterocycles. The van der Waals surface area contributed by atoms with E-state index in [0.717, 1.165) is 36.3 Å². The minimum atomic E-state index is -0.511. The molecule has 0 radical (unpaired) electrons. The monoisotopic (exact) mass is 330 g/mol. The van der Waals surface area contributed by atoms with Crippen LogP contribution < -0.4 is 10.1 Å². The first-order valence-electron chi connectivity index (χ1n) is 8.09. The Bertz CT molecular complexity index is 694. The zero-order valence-electron chi connectivity index (χ0n) is 13.8. The summed E-state index contributed by atoms with van der Waals surface area (Å²) in [5, 5.41) is 12.8. The van der Waals surface area contributed by atoms with Crippen molar-refractivity contribution >= 4 is 17.4 Å². The molecule has 122 valence electrons. The Balaban J connectivity index is 2.01. The molecule has 0 bridgehead atoms. The summed E-state index contributed by atoms with van der Waals surface area (Å²) >= 11 is 1.63. The van der Waals surface area contributed by atoms with Gasteiger partial charge in [-0.15, -0.1) is 10.2 Å². The van der Waals surface area contributed by atoms with Crippen LogP contribution in [-0.2, 0) is 0 Å². The number of aromatic nitrogens is 3. The molecule has 2 heterocycles. The summed E-state index contributed by atoms with van der Waals surface area (Å²) in [4.78, 5) is 4.61. The van der Waals surface area contributed by atoms with Gasteiger partial charge in [-0.2, -0.15) is 4.98 Å². The van der Waals surface area contributed by atoms with Crippen LogP contribution in [0.5, 0.6) is 5.88 Å². The van der Waals surface area contributed by atoms with E-state index >= 15 is 0 Å². The first-order valence-corrected chi connectivity index (χ1v) is 9.08. The van der Waals surface area contributed by atoms with Gasteiger partial charge in [0.05, 0.1) is 0 Å². The molecule has 0 amide bonds. The Morgan fingerprint density at radius 3 is 2.83 bits per heavy atom. The van der Waals surface area contributed by atoms with Gasteiger partial charge in [0.15, 0.2) is 11.4 Å². The van der Waals surface area contributed by atoms with Crippen LogP contribution in [0.25, 0.3) is 11.3 Å².